The van der Waals surface area contributed by atoms with Gasteiger partial charge >= 0.3 is 0 Å². The molecule has 0 saturated carbocycles. The first-order valence-electron chi connectivity index (χ1n) is 8.88. The van der Waals surface area contributed by atoms with Crippen LogP contribution in [0.2, 0.25) is 0 Å². The minimum absolute atomic E-state index is 0.361. The fraction of sp³-hybridized carbons (Fsp3) is 1.00. The molecule has 0 aromatic heterocycles. The zero-order valence-electron chi connectivity index (χ0n) is 14.6. The molecular weight excluding hydrogens is 262 g/mol. The van der Waals surface area contributed by atoms with E-state index in [1.54, 1.807) is 0 Å². The Hall–Kier alpha value is -0.160. The number of likely N-dealkylation sites (tertiary alicyclic amines) is 1. The predicted octanol–water partition coefficient (Wildman–Crippen LogP) is 1.90. The second-order valence-electron chi connectivity index (χ2n) is 7.16. The van der Waals surface area contributed by atoms with E-state index in [4.69, 9.17) is 4.74 Å². The van der Waals surface area contributed by atoms with E-state index >= 15 is 0 Å². The lowest BCUT2D eigenvalue weighted by molar-refractivity contribution is 0.0286. The highest BCUT2D eigenvalue weighted by Gasteiger charge is 2.27. The lowest BCUT2D eigenvalue weighted by Crippen LogP contribution is -2.54. The van der Waals surface area contributed by atoms with Gasteiger partial charge in [0.15, 0.2) is 0 Å². The van der Waals surface area contributed by atoms with Crippen LogP contribution >= 0.6 is 0 Å². The second-order valence-corrected chi connectivity index (χ2v) is 7.16. The molecule has 0 amide bonds. The highest BCUT2D eigenvalue weighted by atomic mass is 16.5. The van der Waals surface area contributed by atoms with E-state index in [1.165, 1.54) is 52.1 Å². The quantitative estimate of drug-likeness (QED) is 0.745. The fourth-order valence-corrected chi connectivity index (χ4v) is 3.54. The molecule has 124 valence electrons. The molecule has 2 saturated heterocycles. The fourth-order valence-electron chi connectivity index (χ4n) is 3.54. The second kappa shape index (κ2) is 8.47. The van der Waals surface area contributed by atoms with Crippen molar-refractivity contribution in [1.29, 1.82) is 0 Å². The summed E-state index contributed by atoms with van der Waals surface area (Å²) in [6.45, 7) is 18.4. The largest absolute Gasteiger partial charge is 0.377 e. The van der Waals surface area contributed by atoms with E-state index in [2.05, 4.69) is 42.4 Å². The van der Waals surface area contributed by atoms with Crippen LogP contribution in [-0.2, 0) is 4.74 Å². The van der Waals surface area contributed by atoms with Gasteiger partial charge in [0, 0.05) is 44.8 Å². The molecule has 2 heterocycles. The molecule has 0 spiro atoms. The molecule has 0 aromatic carbocycles. The lowest BCUT2D eigenvalue weighted by atomic mass is 10.0. The normalized spacial score (nSPS) is 24.3. The van der Waals surface area contributed by atoms with E-state index in [0.717, 1.165) is 19.2 Å². The first kappa shape index (κ1) is 17.2. The van der Waals surface area contributed by atoms with Crippen LogP contribution in [0.15, 0.2) is 0 Å². The molecule has 0 bridgehead atoms. The van der Waals surface area contributed by atoms with Gasteiger partial charge in [0.2, 0.25) is 0 Å². The molecule has 21 heavy (non-hydrogen) atoms. The molecule has 2 aliphatic rings. The molecule has 2 aliphatic heterocycles. The third kappa shape index (κ3) is 5.51. The summed E-state index contributed by atoms with van der Waals surface area (Å²) in [6.07, 6.45) is 3.03. The van der Waals surface area contributed by atoms with E-state index in [9.17, 15) is 0 Å². The van der Waals surface area contributed by atoms with Crippen LogP contribution in [-0.4, -0.2) is 85.3 Å². The molecule has 0 aliphatic carbocycles. The van der Waals surface area contributed by atoms with Crippen molar-refractivity contribution < 1.29 is 4.74 Å². The van der Waals surface area contributed by atoms with Gasteiger partial charge in [-0.05, 0) is 53.6 Å². The minimum atomic E-state index is 0.361. The zero-order valence-corrected chi connectivity index (χ0v) is 14.6. The van der Waals surface area contributed by atoms with Crippen molar-refractivity contribution in [3.63, 3.8) is 0 Å². The Morgan fingerprint density at radius 3 is 2.05 bits per heavy atom. The Balaban J connectivity index is 1.63. The smallest absolute Gasteiger partial charge is 0.0596 e. The maximum atomic E-state index is 5.66. The number of hydrogen-bond donors (Lipinski definition) is 0. The van der Waals surface area contributed by atoms with Crippen LogP contribution in [0, 0.1) is 0 Å². The molecule has 0 unspecified atom stereocenters. The number of piperidine rings is 1. The summed E-state index contributed by atoms with van der Waals surface area (Å²) in [5, 5.41) is 0. The number of piperazine rings is 1. The maximum absolute atomic E-state index is 5.66. The van der Waals surface area contributed by atoms with Crippen molar-refractivity contribution in [3.05, 3.63) is 0 Å². The van der Waals surface area contributed by atoms with Crippen LogP contribution in [0.5, 0.6) is 0 Å². The van der Waals surface area contributed by atoms with E-state index < -0.39 is 0 Å². The number of nitrogens with zero attached hydrogens (tertiary/aromatic N) is 3. The van der Waals surface area contributed by atoms with E-state index in [1.807, 2.05) is 0 Å². The van der Waals surface area contributed by atoms with Crippen molar-refractivity contribution in [2.75, 3.05) is 52.4 Å². The first-order chi connectivity index (χ1) is 10.1. The molecule has 2 rings (SSSR count). The van der Waals surface area contributed by atoms with E-state index in [-0.39, 0.29) is 0 Å². The van der Waals surface area contributed by atoms with Gasteiger partial charge in [0.1, 0.15) is 0 Å². The Labute approximate surface area is 131 Å². The summed E-state index contributed by atoms with van der Waals surface area (Å²) >= 11 is 0. The maximum Gasteiger partial charge on any atom is 0.0596 e. The number of hydrogen-bond acceptors (Lipinski definition) is 4. The molecule has 2 fully saturated rings. The first-order valence-corrected chi connectivity index (χ1v) is 8.88. The van der Waals surface area contributed by atoms with Crippen LogP contribution in [0.1, 0.15) is 40.5 Å². The molecule has 0 radical (unpaired) electrons. The van der Waals surface area contributed by atoms with Gasteiger partial charge in [0.25, 0.3) is 0 Å². The highest BCUT2D eigenvalue weighted by Crippen LogP contribution is 2.18. The van der Waals surface area contributed by atoms with Crippen LogP contribution in [0.25, 0.3) is 0 Å². The van der Waals surface area contributed by atoms with Crippen molar-refractivity contribution in [3.8, 4) is 0 Å². The molecule has 0 aromatic rings. The van der Waals surface area contributed by atoms with Gasteiger partial charge in [-0.1, -0.05) is 0 Å². The van der Waals surface area contributed by atoms with Gasteiger partial charge in [-0.25, -0.2) is 0 Å². The summed E-state index contributed by atoms with van der Waals surface area (Å²) in [4.78, 5) is 7.92. The van der Waals surface area contributed by atoms with Crippen LogP contribution in [0.3, 0.4) is 0 Å². The summed E-state index contributed by atoms with van der Waals surface area (Å²) in [5.74, 6) is 0. The van der Waals surface area contributed by atoms with Crippen molar-refractivity contribution >= 4 is 0 Å². The van der Waals surface area contributed by atoms with Crippen molar-refractivity contribution in [2.24, 2.45) is 0 Å². The topological polar surface area (TPSA) is 19.0 Å². The molecule has 0 atom stereocenters. The van der Waals surface area contributed by atoms with Gasteiger partial charge in [-0.15, -0.1) is 0 Å². The molecular formula is C17H35N3O. The Morgan fingerprint density at radius 1 is 0.905 bits per heavy atom. The Kier molecular flexibility index (Phi) is 6.93. The summed E-state index contributed by atoms with van der Waals surface area (Å²) in [6, 6.07) is 1.52. The predicted molar refractivity (Wildman–Crippen MR) is 88.8 cm³/mol. The standard InChI is InChI=1S/C17H35N3O/c1-15(2)19-9-11-20(12-10-19)17-5-7-18(8-6-17)13-14-21-16(3)4/h15-17H,5-14H2,1-4H3. The number of rotatable bonds is 6. The monoisotopic (exact) mass is 297 g/mol. The Bertz CT molecular complexity index is 280. The summed E-state index contributed by atoms with van der Waals surface area (Å²) in [5.41, 5.74) is 0. The molecule has 4 heteroatoms. The lowest BCUT2D eigenvalue weighted by Gasteiger charge is -2.43. The van der Waals surface area contributed by atoms with Crippen molar-refractivity contribution in [2.45, 2.75) is 58.7 Å². The van der Waals surface area contributed by atoms with Gasteiger partial charge < -0.3 is 9.64 Å². The van der Waals surface area contributed by atoms with E-state index in [0.29, 0.717) is 12.1 Å². The average molecular weight is 297 g/mol. The third-order valence-corrected chi connectivity index (χ3v) is 5.01. The molecule has 4 nitrogen and oxygen atoms in total. The van der Waals surface area contributed by atoms with Gasteiger partial charge in [0.05, 0.1) is 12.7 Å². The summed E-state index contributed by atoms with van der Waals surface area (Å²) < 4.78 is 5.66. The molecule has 0 N–H and O–H groups in total. The summed E-state index contributed by atoms with van der Waals surface area (Å²) in [7, 11) is 0. The third-order valence-electron chi connectivity index (χ3n) is 5.01. The average Bonchev–Trinajstić information content (AvgIpc) is 2.48. The number of ether oxygens (including phenoxy) is 1. The highest BCUT2D eigenvalue weighted by molar-refractivity contribution is 4.84. The van der Waals surface area contributed by atoms with Crippen LogP contribution < -0.4 is 0 Å². The minimum Gasteiger partial charge on any atom is -0.377 e. The zero-order chi connectivity index (χ0) is 15.2. The SMILES string of the molecule is CC(C)OCCN1CCC(N2CCN(C(C)C)CC2)CC1. The Morgan fingerprint density at radius 2 is 1.52 bits per heavy atom. The van der Waals surface area contributed by atoms with Crippen molar-refractivity contribution in [1.82, 2.24) is 14.7 Å². The van der Waals surface area contributed by atoms with Gasteiger partial charge in [-0.3, -0.25) is 9.80 Å². The van der Waals surface area contributed by atoms with Crippen LogP contribution in [0.4, 0.5) is 0 Å². The van der Waals surface area contributed by atoms with Gasteiger partial charge in [-0.2, -0.15) is 0 Å².